The van der Waals surface area contributed by atoms with Crippen LogP contribution in [0.5, 0.6) is 0 Å². The molecule has 2 rings (SSSR count). The summed E-state index contributed by atoms with van der Waals surface area (Å²) in [6.45, 7) is 5.22. The molecular formula is C13H19N3O3S. The number of aryl methyl sites for hydroxylation is 1. The molecule has 1 amide bonds. The van der Waals surface area contributed by atoms with Gasteiger partial charge in [-0.15, -0.1) is 5.10 Å². The van der Waals surface area contributed by atoms with E-state index in [1.165, 1.54) is 0 Å². The van der Waals surface area contributed by atoms with Crippen LogP contribution in [0.3, 0.4) is 0 Å². The Kier molecular flexibility index (Phi) is 5.05. The first-order valence-corrected chi connectivity index (χ1v) is 7.71. The molecule has 1 aliphatic rings. The van der Waals surface area contributed by atoms with E-state index in [4.69, 9.17) is 4.74 Å². The predicted molar refractivity (Wildman–Crippen MR) is 74.5 cm³/mol. The number of hydrogen-bond donors (Lipinski definition) is 0. The molecule has 0 saturated carbocycles. The van der Waals surface area contributed by atoms with E-state index in [0.29, 0.717) is 31.0 Å². The van der Waals surface area contributed by atoms with Crippen LogP contribution in [0.2, 0.25) is 0 Å². The third-order valence-corrected chi connectivity index (χ3v) is 4.17. The number of rotatable bonds is 4. The molecule has 1 aromatic rings. The molecule has 0 radical (unpaired) electrons. The van der Waals surface area contributed by atoms with Gasteiger partial charge in [-0.3, -0.25) is 9.59 Å². The highest BCUT2D eigenvalue weighted by Crippen LogP contribution is 2.22. The third kappa shape index (κ3) is 3.15. The SMILES string of the molecule is CCOC(=O)[C@H]1CCCN(C(=O)c2snnc2CC)C1. The lowest BCUT2D eigenvalue weighted by Crippen LogP contribution is -2.42. The molecular weight excluding hydrogens is 278 g/mol. The summed E-state index contributed by atoms with van der Waals surface area (Å²) in [6.07, 6.45) is 2.29. The lowest BCUT2D eigenvalue weighted by molar-refractivity contribution is -0.149. The Bertz CT molecular complexity index is 489. The summed E-state index contributed by atoms with van der Waals surface area (Å²) >= 11 is 1.13. The number of hydrogen-bond acceptors (Lipinski definition) is 6. The van der Waals surface area contributed by atoms with E-state index in [1.54, 1.807) is 11.8 Å². The van der Waals surface area contributed by atoms with Crippen molar-refractivity contribution < 1.29 is 14.3 Å². The molecule has 1 aromatic heterocycles. The van der Waals surface area contributed by atoms with Gasteiger partial charge < -0.3 is 9.64 Å². The standard InChI is InChI=1S/C13H19N3O3S/c1-3-10-11(20-15-14-10)12(17)16-7-5-6-9(8-16)13(18)19-4-2/h9H,3-8H2,1-2H3/t9-/m0/s1. The molecule has 0 spiro atoms. The van der Waals surface area contributed by atoms with Gasteiger partial charge >= 0.3 is 5.97 Å². The van der Waals surface area contributed by atoms with Gasteiger partial charge in [0.05, 0.1) is 18.2 Å². The Balaban J connectivity index is 2.05. The van der Waals surface area contributed by atoms with Gasteiger partial charge in [0.15, 0.2) is 0 Å². The molecule has 1 aliphatic heterocycles. The van der Waals surface area contributed by atoms with Gasteiger partial charge in [-0.2, -0.15) is 0 Å². The van der Waals surface area contributed by atoms with Crippen molar-refractivity contribution in [2.75, 3.05) is 19.7 Å². The average molecular weight is 297 g/mol. The highest BCUT2D eigenvalue weighted by atomic mass is 32.1. The van der Waals surface area contributed by atoms with Crippen LogP contribution in [0.4, 0.5) is 0 Å². The molecule has 7 heteroatoms. The van der Waals surface area contributed by atoms with Crippen LogP contribution in [0.25, 0.3) is 0 Å². The number of carbonyl (C=O) groups is 2. The number of carbonyl (C=O) groups excluding carboxylic acids is 2. The first-order chi connectivity index (χ1) is 9.67. The lowest BCUT2D eigenvalue weighted by Gasteiger charge is -2.31. The van der Waals surface area contributed by atoms with Crippen LogP contribution < -0.4 is 0 Å². The Labute approximate surface area is 122 Å². The van der Waals surface area contributed by atoms with Crippen LogP contribution in [-0.4, -0.2) is 46.1 Å². The zero-order chi connectivity index (χ0) is 14.5. The Morgan fingerprint density at radius 3 is 2.95 bits per heavy atom. The zero-order valence-electron chi connectivity index (χ0n) is 11.8. The molecule has 0 unspecified atom stereocenters. The Hall–Kier alpha value is -1.50. The summed E-state index contributed by atoms with van der Waals surface area (Å²) < 4.78 is 8.89. The van der Waals surface area contributed by atoms with Crippen molar-refractivity contribution in [3.05, 3.63) is 10.6 Å². The van der Waals surface area contributed by atoms with Crippen molar-refractivity contribution in [3.63, 3.8) is 0 Å². The van der Waals surface area contributed by atoms with Crippen LogP contribution in [0.15, 0.2) is 0 Å². The van der Waals surface area contributed by atoms with Gasteiger partial charge in [-0.25, -0.2) is 0 Å². The number of amides is 1. The van der Waals surface area contributed by atoms with Crippen molar-refractivity contribution >= 4 is 23.4 Å². The van der Waals surface area contributed by atoms with Crippen molar-refractivity contribution in [1.29, 1.82) is 0 Å². The Morgan fingerprint density at radius 2 is 2.25 bits per heavy atom. The van der Waals surface area contributed by atoms with E-state index in [0.717, 1.165) is 30.1 Å². The van der Waals surface area contributed by atoms with Crippen molar-refractivity contribution in [2.45, 2.75) is 33.1 Å². The van der Waals surface area contributed by atoms with Gasteiger partial charge in [0.2, 0.25) is 0 Å². The molecule has 110 valence electrons. The maximum atomic E-state index is 12.5. The average Bonchev–Trinajstić information content (AvgIpc) is 2.95. The first-order valence-electron chi connectivity index (χ1n) is 6.94. The largest absolute Gasteiger partial charge is 0.466 e. The summed E-state index contributed by atoms with van der Waals surface area (Å²) in [5, 5.41) is 3.96. The van der Waals surface area contributed by atoms with Gasteiger partial charge in [0.1, 0.15) is 4.88 Å². The molecule has 20 heavy (non-hydrogen) atoms. The quantitative estimate of drug-likeness (QED) is 0.788. The minimum Gasteiger partial charge on any atom is -0.466 e. The number of ether oxygens (including phenoxy) is 1. The molecule has 2 heterocycles. The second-order valence-electron chi connectivity index (χ2n) is 4.74. The highest BCUT2D eigenvalue weighted by molar-refractivity contribution is 7.08. The summed E-state index contributed by atoms with van der Waals surface area (Å²) in [5.74, 6) is -0.479. The molecule has 1 fully saturated rings. The van der Waals surface area contributed by atoms with E-state index in [-0.39, 0.29) is 17.8 Å². The Morgan fingerprint density at radius 1 is 1.45 bits per heavy atom. The minimum absolute atomic E-state index is 0.0640. The van der Waals surface area contributed by atoms with Crippen LogP contribution >= 0.6 is 11.5 Å². The van der Waals surface area contributed by atoms with Gasteiger partial charge in [0, 0.05) is 13.1 Å². The summed E-state index contributed by atoms with van der Waals surface area (Å²) in [5.41, 5.74) is 0.734. The summed E-state index contributed by atoms with van der Waals surface area (Å²) in [4.78, 5) is 26.6. The van der Waals surface area contributed by atoms with E-state index >= 15 is 0 Å². The molecule has 1 atom stereocenters. The number of piperidine rings is 1. The van der Waals surface area contributed by atoms with Crippen molar-refractivity contribution in [2.24, 2.45) is 5.92 Å². The van der Waals surface area contributed by atoms with E-state index < -0.39 is 0 Å². The van der Waals surface area contributed by atoms with Crippen LogP contribution in [0.1, 0.15) is 42.1 Å². The highest BCUT2D eigenvalue weighted by Gasteiger charge is 2.31. The lowest BCUT2D eigenvalue weighted by atomic mass is 9.98. The molecule has 0 N–H and O–H groups in total. The maximum absolute atomic E-state index is 12.5. The fourth-order valence-corrected chi connectivity index (χ4v) is 3.08. The smallest absolute Gasteiger partial charge is 0.310 e. The normalized spacial score (nSPS) is 18.9. The number of aromatic nitrogens is 2. The van der Waals surface area contributed by atoms with Gasteiger partial charge in [-0.05, 0) is 37.7 Å². The topological polar surface area (TPSA) is 72.4 Å². The van der Waals surface area contributed by atoms with Gasteiger partial charge in [-0.1, -0.05) is 11.4 Å². The third-order valence-electron chi connectivity index (χ3n) is 3.41. The fraction of sp³-hybridized carbons (Fsp3) is 0.692. The van der Waals surface area contributed by atoms with Crippen LogP contribution in [-0.2, 0) is 16.0 Å². The van der Waals surface area contributed by atoms with Crippen molar-refractivity contribution in [1.82, 2.24) is 14.5 Å². The molecule has 6 nitrogen and oxygen atoms in total. The van der Waals surface area contributed by atoms with E-state index in [1.807, 2.05) is 6.92 Å². The minimum atomic E-state index is -0.210. The van der Waals surface area contributed by atoms with Crippen LogP contribution in [0, 0.1) is 5.92 Å². The second kappa shape index (κ2) is 6.78. The van der Waals surface area contributed by atoms with Gasteiger partial charge in [0.25, 0.3) is 5.91 Å². The number of nitrogens with zero attached hydrogens (tertiary/aromatic N) is 3. The number of likely N-dealkylation sites (tertiary alicyclic amines) is 1. The molecule has 0 aliphatic carbocycles. The van der Waals surface area contributed by atoms with E-state index in [2.05, 4.69) is 9.59 Å². The number of esters is 1. The first kappa shape index (κ1) is 14.9. The summed E-state index contributed by atoms with van der Waals surface area (Å²) in [6, 6.07) is 0. The fourth-order valence-electron chi connectivity index (χ4n) is 2.36. The monoisotopic (exact) mass is 297 g/mol. The predicted octanol–water partition coefficient (Wildman–Crippen LogP) is 1.52. The molecule has 0 aromatic carbocycles. The van der Waals surface area contributed by atoms with Crippen molar-refractivity contribution in [3.8, 4) is 0 Å². The van der Waals surface area contributed by atoms with E-state index in [9.17, 15) is 9.59 Å². The second-order valence-corrected chi connectivity index (χ2v) is 5.50. The summed E-state index contributed by atoms with van der Waals surface area (Å²) in [7, 11) is 0. The molecule has 1 saturated heterocycles. The maximum Gasteiger partial charge on any atom is 0.310 e. The molecule has 0 bridgehead atoms. The zero-order valence-corrected chi connectivity index (χ0v) is 12.6.